The topological polar surface area (TPSA) is 117 Å². The number of carbonyl (C=O) groups is 2. The van der Waals surface area contributed by atoms with Gasteiger partial charge in [0.1, 0.15) is 11.6 Å². The SMILES string of the molecule is CCC(N)=C(C=Nc1cc(F)cc(F)c1)C(Nc1ccc(C(=O)NCCC(=O)O)cc1)C1CCCCC1. The molecule has 1 unspecified atom stereocenters. The van der Waals surface area contributed by atoms with E-state index in [9.17, 15) is 18.4 Å². The van der Waals surface area contributed by atoms with Gasteiger partial charge in [0.15, 0.2) is 0 Å². The molecule has 0 aliphatic heterocycles. The van der Waals surface area contributed by atoms with E-state index >= 15 is 0 Å². The van der Waals surface area contributed by atoms with Crippen molar-refractivity contribution < 1.29 is 23.5 Å². The minimum absolute atomic E-state index is 0.0525. The van der Waals surface area contributed by atoms with Crippen LogP contribution < -0.4 is 16.4 Å². The molecule has 1 saturated carbocycles. The molecule has 1 fully saturated rings. The lowest BCUT2D eigenvalue weighted by Gasteiger charge is -2.33. The van der Waals surface area contributed by atoms with Crippen molar-refractivity contribution in [1.29, 1.82) is 0 Å². The standard InChI is InChI=1S/C28H34F2N4O3/c1-2-25(31)24(17-33-23-15-20(29)14-21(30)16-23)27(18-6-4-3-5-7-18)34-22-10-8-19(9-11-22)28(37)32-13-12-26(35)36/h8-11,14-18,27,34H,2-7,12-13,31H2,1H3,(H,32,37)(H,35,36). The van der Waals surface area contributed by atoms with Crippen LogP contribution in [0.4, 0.5) is 20.2 Å². The van der Waals surface area contributed by atoms with Crippen LogP contribution in [0.3, 0.4) is 0 Å². The zero-order valence-corrected chi connectivity index (χ0v) is 21.0. The number of rotatable bonds is 11. The molecule has 198 valence electrons. The van der Waals surface area contributed by atoms with Crippen LogP contribution in [-0.4, -0.2) is 35.8 Å². The fraction of sp³-hybridized carbons (Fsp3) is 0.393. The largest absolute Gasteiger partial charge is 0.481 e. The number of carboxylic acids is 1. The minimum Gasteiger partial charge on any atom is -0.481 e. The second-order valence-corrected chi connectivity index (χ2v) is 9.22. The normalized spacial score (nSPS) is 15.8. The van der Waals surface area contributed by atoms with Gasteiger partial charge in [0, 0.05) is 41.3 Å². The highest BCUT2D eigenvalue weighted by molar-refractivity contribution is 5.94. The predicted molar refractivity (Wildman–Crippen MR) is 141 cm³/mol. The second-order valence-electron chi connectivity index (χ2n) is 9.22. The van der Waals surface area contributed by atoms with Crippen molar-refractivity contribution in [3.63, 3.8) is 0 Å². The van der Waals surface area contributed by atoms with Gasteiger partial charge in [0.05, 0.1) is 18.2 Å². The molecule has 0 saturated heterocycles. The van der Waals surface area contributed by atoms with E-state index in [1.54, 1.807) is 30.5 Å². The summed E-state index contributed by atoms with van der Waals surface area (Å²) in [6.45, 7) is 2.00. The Morgan fingerprint density at radius 2 is 1.76 bits per heavy atom. The van der Waals surface area contributed by atoms with E-state index < -0.39 is 17.6 Å². The van der Waals surface area contributed by atoms with Crippen LogP contribution in [0, 0.1) is 17.6 Å². The van der Waals surface area contributed by atoms with Crippen LogP contribution in [0.1, 0.15) is 62.2 Å². The Morgan fingerprint density at radius 1 is 1.11 bits per heavy atom. The number of halogens is 2. The van der Waals surface area contributed by atoms with Crippen LogP contribution in [-0.2, 0) is 4.79 Å². The Hall–Kier alpha value is -3.75. The summed E-state index contributed by atoms with van der Waals surface area (Å²) < 4.78 is 27.4. The van der Waals surface area contributed by atoms with E-state index in [0.717, 1.165) is 43.0 Å². The summed E-state index contributed by atoms with van der Waals surface area (Å²) in [6, 6.07) is 9.89. The fourth-order valence-corrected chi connectivity index (χ4v) is 4.52. The molecule has 0 radical (unpaired) electrons. The van der Waals surface area contributed by atoms with Crippen molar-refractivity contribution in [3.05, 3.63) is 70.9 Å². The van der Waals surface area contributed by atoms with Gasteiger partial charge in [-0.15, -0.1) is 0 Å². The summed E-state index contributed by atoms with van der Waals surface area (Å²) in [5, 5.41) is 14.9. The van der Waals surface area contributed by atoms with E-state index in [2.05, 4.69) is 15.6 Å². The highest BCUT2D eigenvalue weighted by Gasteiger charge is 2.27. The Balaban J connectivity index is 1.85. The number of nitrogens with two attached hydrogens (primary N) is 1. The lowest BCUT2D eigenvalue weighted by molar-refractivity contribution is -0.136. The molecular formula is C28H34F2N4O3. The molecular weight excluding hydrogens is 478 g/mol. The van der Waals surface area contributed by atoms with E-state index in [-0.39, 0.29) is 36.5 Å². The van der Waals surface area contributed by atoms with Gasteiger partial charge in [-0.05, 0) is 61.6 Å². The third-order valence-electron chi connectivity index (χ3n) is 6.50. The van der Waals surface area contributed by atoms with Gasteiger partial charge in [-0.2, -0.15) is 0 Å². The number of carbonyl (C=O) groups excluding carboxylic acids is 1. The first-order valence-electron chi connectivity index (χ1n) is 12.6. The summed E-state index contributed by atoms with van der Waals surface area (Å²) in [4.78, 5) is 27.3. The fourth-order valence-electron chi connectivity index (χ4n) is 4.52. The lowest BCUT2D eigenvalue weighted by Crippen LogP contribution is -2.35. The third-order valence-corrected chi connectivity index (χ3v) is 6.50. The summed E-state index contributed by atoms with van der Waals surface area (Å²) in [7, 11) is 0. The zero-order valence-electron chi connectivity index (χ0n) is 21.0. The van der Waals surface area contributed by atoms with Gasteiger partial charge < -0.3 is 21.5 Å². The van der Waals surface area contributed by atoms with Crippen LogP contribution in [0.2, 0.25) is 0 Å². The highest BCUT2D eigenvalue weighted by Crippen LogP contribution is 2.32. The zero-order chi connectivity index (χ0) is 26.8. The minimum atomic E-state index is -0.977. The van der Waals surface area contributed by atoms with Crippen LogP contribution in [0.5, 0.6) is 0 Å². The average molecular weight is 513 g/mol. The first kappa shape index (κ1) is 27.8. The van der Waals surface area contributed by atoms with Gasteiger partial charge in [0.2, 0.25) is 0 Å². The molecule has 1 amide bonds. The molecule has 2 aromatic carbocycles. The molecule has 1 aliphatic carbocycles. The summed E-state index contributed by atoms with van der Waals surface area (Å²) in [6.07, 6.45) is 7.42. The monoisotopic (exact) mass is 512 g/mol. The van der Waals surface area contributed by atoms with Gasteiger partial charge in [-0.1, -0.05) is 26.2 Å². The molecule has 37 heavy (non-hydrogen) atoms. The van der Waals surface area contributed by atoms with Crippen molar-refractivity contribution in [1.82, 2.24) is 5.32 Å². The Morgan fingerprint density at radius 3 is 2.35 bits per heavy atom. The maximum atomic E-state index is 13.7. The molecule has 0 aromatic heterocycles. The number of hydrogen-bond acceptors (Lipinski definition) is 5. The van der Waals surface area contributed by atoms with E-state index in [0.29, 0.717) is 17.7 Å². The molecule has 0 heterocycles. The maximum Gasteiger partial charge on any atom is 0.305 e. The molecule has 0 bridgehead atoms. The van der Waals surface area contributed by atoms with Gasteiger partial charge in [-0.3, -0.25) is 14.6 Å². The maximum absolute atomic E-state index is 13.7. The van der Waals surface area contributed by atoms with Crippen molar-refractivity contribution in [2.24, 2.45) is 16.6 Å². The van der Waals surface area contributed by atoms with Gasteiger partial charge >= 0.3 is 5.97 Å². The summed E-state index contributed by atoms with van der Waals surface area (Å²) in [5.74, 6) is -2.44. The number of amides is 1. The van der Waals surface area contributed by atoms with Crippen LogP contribution in [0.15, 0.2) is 58.7 Å². The molecule has 9 heteroatoms. The Labute approximate surface area is 215 Å². The third kappa shape index (κ3) is 8.41. The second kappa shape index (κ2) is 13.5. The molecule has 1 atom stereocenters. The first-order valence-corrected chi connectivity index (χ1v) is 12.6. The number of hydrogen-bond donors (Lipinski definition) is 4. The smallest absolute Gasteiger partial charge is 0.305 e. The summed E-state index contributed by atoms with van der Waals surface area (Å²) >= 11 is 0. The van der Waals surface area contributed by atoms with Crippen molar-refractivity contribution in [2.45, 2.75) is 57.9 Å². The van der Waals surface area contributed by atoms with Crippen LogP contribution >= 0.6 is 0 Å². The molecule has 7 nitrogen and oxygen atoms in total. The van der Waals surface area contributed by atoms with E-state index in [1.807, 2.05) is 6.92 Å². The van der Waals surface area contributed by atoms with Crippen molar-refractivity contribution >= 4 is 29.5 Å². The van der Waals surface area contributed by atoms with Crippen molar-refractivity contribution in [2.75, 3.05) is 11.9 Å². The average Bonchev–Trinajstić information content (AvgIpc) is 2.88. The number of anilines is 1. The molecule has 3 rings (SSSR count). The number of carboxylic acid groups (broad SMARTS) is 1. The number of benzene rings is 2. The molecule has 5 N–H and O–H groups in total. The number of nitrogens with zero attached hydrogens (tertiary/aromatic N) is 1. The van der Waals surface area contributed by atoms with Crippen LogP contribution in [0.25, 0.3) is 0 Å². The number of nitrogens with one attached hydrogen (secondary N) is 2. The summed E-state index contributed by atoms with van der Waals surface area (Å²) in [5.41, 5.74) is 9.22. The molecule has 1 aliphatic rings. The molecule has 2 aromatic rings. The van der Waals surface area contributed by atoms with Gasteiger partial charge in [-0.25, -0.2) is 8.78 Å². The predicted octanol–water partition coefficient (Wildman–Crippen LogP) is 5.56. The first-order chi connectivity index (χ1) is 17.8. The van der Waals surface area contributed by atoms with E-state index in [1.165, 1.54) is 18.6 Å². The Kier molecular flexibility index (Phi) is 10.2. The number of aliphatic carboxylic acids is 1. The molecule has 0 spiro atoms. The lowest BCUT2D eigenvalue weighted by atomic mass is 9.80. The van der Waals surface area contributed by atoms with Gasteiger partial charge in [0.25, 0.3) is 5.91 Å². The van der Waals surface area contributed by atoms with Crippen molar-refractivity contribution in [3.8, 4) is 0 Å². The highest BCUT2D eigenvalue weighted by atomic mass is 19.1. The van der Waals surface area contributed by atoms with E-state index in [4.69, 9.17) is 10.8 Å². The number of aliphatic imine (C=N–C) groups is 1. The number of allylic oxidation sites excluding steroid dienone is 1. The Bertz CT molecular complexity index is 1120. The quantitative estimate of drug-likeness (QED) is 0.294.